The molecule has 8 heteroatoms. The van der Waals surface area contributed by atoms with Gasteiger partial charge >= 0.3 is 0 Å². The first-order chi connectivity index (χ1) is 17.5. The van der Waals surface area contributed by atoms with E-state index in [9.17, 15) is 9.59 Å². The van der Waals surface area contributed by atoms with Gasteiger partial charge in [0.15, 0.2) is 0 Å². The minimum absolute atomic E-state index is 0.129. The van der Waals surface area contributed by atoms with Crippen molar-refractivity contribution in [3.05, 3.63) is 95.1 Å². The molecular weight excluding hydrogens is 476 g/mol. The first-order valence-electron chi connectivity index (χ1n) is 11.7. The van der Waals surface area contributed by atoms with Crippen molar-refractivity contribution in [1.29, 1.82) is 0 Å². The van der Waals surface area contributed by atoms with Crippen LogP contribution >= 0.6 is 11.6 Å². The Labute approximate surface area is 215 Å². The molecular formula is C28H29ClN4O3. The molecule has 0 fully saturated rings. The van der Waals surface area contributed by atoms with Crippen LogP contribution < -0.4 is 15.8 Å². The van der Waals surface area contributed by atoms with Crippen molar-refractivity contribution in [1.82, 2.24) is 9.88 Å². The highest BCUT2D eigenvalue weighted by Crippen LogP contribution is 2.28. The summed E-state index contributed by atoms with van der Waals surface area (Å²) in [5, 5.41) is 4.51. The number of nitrogens with one attached hydrogen (secondary N) is 2. The van der Waals surface area contributed by atoms with E-state index >= 15 is 0 Å². The lowest BCUT2D eigenvalue weighted by molar-refractivity contribution is -0.138. The molecule has 4 N–H and O–H groups in total. The minimum Gasteiger partial charge on any atom is -0.497 e. The summed E-state index contributed by atoms with van der Waals surface area (Å²) in [5.41, 5.74) is 9.05. The van der Waals surface area contributed by atoms with Crippen LogP contribution in [0.1, 0.15) is 23.6 Å². The maximum Gasteiger partial charge on any atom is 0.251 e. The number of amides is 2. The predicted octanol–water partition coefficient (Wildman–Crippen LogP) is 4.93. The van der Waals surface area contributed by atoms with Gasteiger partial charge in [0.1, 0.15) is 11.8 Å². The van der Waals surface area contributed by atoms with Gasteiger partial charge in [-0.2, -0.15) is 0 Å². The largest absolute Gasteiger partial charge is 0.497 e. The number of methoxy groups -OCH3 is 1. The minimum atomic E-state index is -0.860. The van der Waals surface area contributed by atoms with E-state index in [0.29, 0.717) is 29.2 Å². The quantitative estimate of drug-likeness (QED) is 0.285. The van der Waals surface area contributed by atoms with Gasteiger partial charge in [0.2, 0.25) is 5.91 Å². The topological polar surface area (TPSA) is 100 Å². The molecule has 0 saturated heterocycles. The third kappa shape index (κ3) is 5.87. The van der Waals surface area contributed by atoms with Crippen LogP contribution in [0.5, 0.6) is 5.75 Å². The Bertz CT molecular complexity index is 1320. The van der Waals surface area contributed by atoms with Crippen molar-refractivity contribution in [2.45, 2.75) is 18.9 Å². The van der Waals surface area contributed by atoms with Gasteiger partial charge in [-0.25, -0.2) is 0 Å². The van der Waals surface area contributed by atoms with Crippen molar-refractivity contribution in [2.24, 2.45) is 5.73 Å². The number of benzene rings is 3. The highest BCUT2D eigenvalue weighted by atomic mass is 35.5. The number of hydrogen-bond acceptors (Lipinski definition) is 4. The SMILES string of the molecule is COc1ccc2[nH]cc(CCN(C(=O)CCN)C(C(=O)Nc3ccccc3)c3ccc(Cl)cc3)c2c1. The maximum atomic E-state index is 13.6. The first kappa shape index (κ1) is 25.3. The van der Waals surface area contributed by atoms with Crippen molar-refractivity contribution in [2.75, 3.05) is 25.5 Å². The van der Waals surface area contributed by atoms with Crippen LogP contribution in [-0.2, 0) is 16.0 Å². The molecule has 0 radical (unpaired) electrons. The number of para-hydroxylation sites is 1. The summed E-state index contributed by atoms with van der Waals surface area (Å²) in [7, 11) is 1.63. The van der Waals surface area contributed by atoms with Crippen molar-refractivity contribution in [3.8, 4) is 5.75 Å². The van der Waals surface area contributed by atoms with E-state index < -0.39 is 6.04 Å². The molecule has 1 atom stereocenters. The van der Waals surface area contributed by atoms with Crippen LogP contribution in [0.25, 0.3) is 10.9 Å². The standard InChI is InChI=1S/C28H29ClN4O3/c1-36-23-11-12-25-24(17-23)20(18-31-25)14-16-33(26(34)13-15-30)27(19-7-9-21(29)10-8-19)28(35)32-22-5-3-2-4-6-22/h2-12,17-18,27,31H,13-16,30H2,1H3,(H,32,35). The number of fused-ring (bicyclic) bond motifs is 1. The molecule has 0 aliphatic heterocycles. The molecule has 4 aromatic rings. The molecule has 2 amide bonds. The van der Waals surface area contributed by atoms with Gasteiger partial charge in [0, 0.05) is 47.3 Å². The van der Waals surface area contributed by atoms with Crippen LogP contribution in [0.2, 0.25) is 5.02 Å². The Morgan fingerprint density at radius 1 is 1.08 bits per heavy atom. The van der Waals surface area contributed by atoms with Crippen molar-refractivity contribution < 1.29 is 14.3 Å². The van der Waals surface area contributed by atoms with Gasteiger partial charge < -0.3 is 25.7 Å². The second-order valence-electron chi connectivity index (χ2n) is 8.41. The molecule has 1 unspecified atom stereocenters. The molecule has 0 bridgehead atoms. The summed E-state index contributed by atoms with van der Waals surface area (Å²) >= 11 is 6.12. The van der Waals surface area contributed by atoms with Gasteiger partial charge in [-0.05, 0) is 60.0 Å². The number of carbonyl (C=O) groups excluding carboxylic acids is 2. The summed E-state index contributed by atoms with van der Waals surface area (Å²) in [4.78, 5) is 31.8. The predicted molar refractivity (Wildman–Crippen MR) is 143 cm³/mol. The van der Waals surface area contributed by atoms with Crippen LogP contribution in [0.15, 0.2) is 79.0 Å². The van der Waals surface area contributed by atoms with E-state index in [1.54, 1.807) is 36.3 Å². The highest BCUT2D eigenvalue weighted by molar-refractivity contribution is 6.30. The molecule has 7 nitrogen and oxygen atoms in total. The number of rotatable bonds is 10. The molecule has 186 valence electrons. The second kappa shape index (κ2) is 11.7. The van der Waals surface area contributed by atoms with Crippen LogP contribution in [0.3, 0.4) is 0 Å². The zero-order chi connectivity index (χ0) is 25.5. The lowest BCUT2D eigenvalue weighted by Crippen LogP contribution is -2.43. The number of ether oxygens (including phenoxy) is 1. The summed E-state index contributed by atoms with van der Waals surface area (Å²) < 4.78 is 5.38. The smallest absolute Gasteiger partial charge is 0.251 e. The molecule has 1 heterocycles. The maximum absolute atomic E-state index is 13.6. The summed E-state index contributed by atoms with van der Waals surface area (Å²) in [6.45, 7) is 0.506. The van der Waals surface area contributed by atoms with Crippen LogP contribution in [-0.4, -0.2) is 41.9 Å². The zero-order valence-electron chi connectivity index (χ0n) is 20.0. The number of anilines is 1. The number of hydrogen-bond donors (Lipinski definition) is 3. The van der Waals surface area contributed by atoms with Crippen molar-refractivity contribution >= 4 is 40.0 Å². The van der Waals surface area contributed by atoms with E-state index in [2.05, 4.69) is 10.3 Å². The lowest BCUT2D eigenvalue weighted by atomic mass is 10.0. The van der Waals surface area contributed by atoms with Gasteiger partial charge in [-0.15, -0.1) is 0 Å². The fourth-order valence-corrected chi connectivity index (χ4v) is 4.37. The van der Waals surface area contributed by atoms with Gasteiger partial charge in [-0.1, -0.05) is 41.9 Å². The van der Waals surface area contributed by atoms with Gasteiger partial charge in [-0.3, -0.25) is 9.59 Å². The number of nitrogens with two attached hydrogens (primary N) is 1. The third-order valence-electron chi connectivity index (χ3n) is 6.06. The Kier molecular flexibility index (Phi) is 8.25. The Morgan fingerprint density at radius 2 is 1.83 bits per heavy atom. The fraction of sp³-hybridized carbons (Fsp3) is 0.214. The number of aromatic amines is 1. The van der Waals surface area contributed by atoms with E-state index in [1.165, 1.54) is 0 Å². The van der Waals surface area contributed by atoms with Gasteiger partial charge in [0.05, 0.1) is 7.11 Å². The number of halogens is 1. The number of nitrogens with zero attached hydrogens (tertiary/aromatic N) is 1. The molecule has 0 aliphatic carbocycles. The molecule has 36 heavy (non-hydrogen) atoms. The Balaban J connectivity index is 1.67. The molecule has 3 aromatic carbocycles. The van der Waals surface area contributed by atoms with E-state index in [1.807, 2.05) is 54.7 Å². The summed E-state index contributed by atoms with van der Waals surface area (Å²) in [6.07, 6.45) is 2.59. The lowest BCUT2D eigenvalue weighted by Gasteiger charge is -2.31. The summed E-state index contributed by atoms with van der Waals surface area (Å²) in [6, 6.07) is 21.1. The monoisotopic (exact) mass is 504 g/mol. The first-order valence-corrected chi connectivity index (χ1v) is 12.1. The number of carbonyl (C=O) groups is 2. The Hall–Kier alpha value is -3.81. The van der Waals surface area contributed by atoms with E-state index in [-0.39, 0.29) is 24.8 Å². The normalized spacial score (nSPS) is 11.8. The molecule has 0 saturated carbocycles. The molecule has 4 rings (SSSR count). The van der Waals surface area contributed by atoms with Crippen LogP contribution in [0, 0.1) is 0 Å². The van der Waals surface area contributed by atoms with E-state index in [4.69, 9.17) is 22.1 Å². The zero-order valence-corrected chi connectivity index (χ0v) is 20.8. The highest BCUT2D eigenvalue weighted by Gasteiger charge is 2.31. The second-order valence-corrected chi connectivity index (χ2v) is 8.85. The van der Waals surface area contributed by atoms with E-state index in [0.717, 1.165) is 22.2 Å². The Morgan fingerprint density at radius 3 is 2.53 bits per heavy atom. The third-order valence-corrected chi connectivity index (χ3v) is 6.31. The fourth-order valence-electron chi connectivity index (χ4n) is 4.25. The van der Waals surface area contributed by atoms with Crippen LogP contribution in [0.4, 0.5) is 5.69 Å². The number of H-pyrrole nitrogens is 1. The number of aromatic nitrogens is 1. The van der Waals surface area contributed by atoms with Gasteiger partial charge in [0.25, 0.3) is 5.91 Å². The molecule has 0 spiro atoms. The average Bonchev–Trinajstić information content (AvgIpc) is 3.30. The summed E-state index contributed by atoms with van der Waals surface area (Å²) in [5.74, 6) is 0.244. The average molecular weight is 505 g/mol. The molecule has 1 aromatic heterocycles. The molecule has 0 aliphatic rings. The van der Waals surface area contributed by atoms with Crippen molar-refractivity contribution in [3.63, 3.8) is 0 Å².